The molecule has 6 heteroatoms. The first-order valence-corrected chi connectivity index (χ1v) is 10.6. The maximum atomic E-state index is 6.74. The van der Waals surface area contributed by atoms with Crippen molar-refractivity contribution in [3.05, 3.63) is 41.5 Å². The van der Waals surface area contributed by atoms with E-state index in [2.05, 4.69) is 30.9 Å². The molecule has 0 N–H and O–H groups in total. The maximum Gasteiger partial charge on any atom is 0.231 e. The molecule has 0 aliphatic carbocycles. The summed E-state index contributed by atoms with van der Waals surface area (Å²) in [6, 6.07) is 10.1. The molecule has 2 aromatic carbocycles. The van der Waals surface area contributed by atoms with Gasteiger partial charge in [0.1, 0.15) is 17.2 Å². The summed E-state index contributed by atoms with van der Waals surface area (Å²) in [6.45, 7) is 6.84. The molecule has 1 fully saturated rings. The van der Waals surface area contributed by atoms with Crippen LogP contribution in [0.5, 0.6) is 28.7 Å². The minimum atomic E-state index is -0.424. The third-order valence-electron chi connectivity index (χ3n) is 7.01. The number of hydrogen-bond acceptors (Lipinski definition) is 6. The van der Waals surface area contributed by atoms with Crippen LogP contribution in [0.15, 0.2) is 30.3 Å². The molecule has 0 aromatic heterocycles. The van der Waals surface area contributed by atoms with E-state index in [4.69, 9.17) is 23.7 Å². The van der Waals surface area contributed by atoms with Gasteiger partial charge in [-0.15, -0.1) is 0 Å². The van der Waals surface area contributed by atoms with E-state index in [0.29, 0.717) is 0 Å². The van der Waals surface area contributed by atoms with Gasteiger partial charge in [0.05, 0.1) is 14.2 Å². The number of ether oxygens (including phenoxy) is 5. The normalized spacial score (nSPS) is 27.5. The number of likely N-dealkylation sites (tertiary alicyclic amines) is 1. The molecule has 0 radical (unpaired) electrons. The minimum Gasteiger partial charge on any atom is -0.497 e. The third kappa shape index (κ3) is 2.88. The van der Waals surface area contributed by atoms with Gasteiger partial charge in [0.25, 0.3) is 0 Å². The molecule has 0 spiro atoms. The summed E-state index contributed by atoms with van der Waals surface area (Å²) in [5, 5.41) is 0. The fraction of sp³-hybridized carbons (Fsp3) is 0.500. The first-order chi connectivity index (χ1) is 14.5. The average Bonchev–Trinajstić information content (AvgIpc) is 3.45. The highest BCUT2D eigenvalue weighted by molar-refractivity contribution is 5.58. The lowest BCUT2D eigenvalue weighted by Gasteiger charge is -2.50. The summed E-state index contributed by atoms with van der Waals surface area (Å²) in [7, 11) is 3.38. The molecule has 0 saturated carbocycles. The fourth-order valence-electron chi connectivity index (χ4n) is 5.19. The lowest BCUT2D eigenvalue weighted by molar-refractivity contribution is -0.114. The van der Waals surface area contributed by atoms with E-state index in [0.717, 1.165) is 53.0 Å². The van der Waals surface area contributed by atoms with Crippen LogP contribution in [0.25, 0.3) is 0 Å². The predicted molar refractivity (Wildman–Crippen MR) is 113 cm³/mol. The Bertz CT molecular complexity index is 955. The molecule has 5 rings (SSSR count). The van der Waals surface area contributed by atoms with Gasteiger partial charge in [0, 0.05) is 48.2 Å². The number of nitrogens with zero attached hydrogens (tertiary/aromatic N) is 1. The molecule has 3 aliphatic rings. The SMILES string of the molecule is COc1ccc([C@@H]2c3cc4c(cc3O[C@@](C)(N3CCCC3)[C@@H]2C)OCO4)c(OC)c1. The smallest absolute Gasteiger partial charge is 0.231 e. The Morgan fingerprint density at radius 3 is 2.37 bits per heavy atom. The van der Waals surface area contributed by atoms with Gasteiger partial charge in [-0.25, -0.2) is 0 Å². The largest absolute Gasteiger partial charge is 0.497 e. The van der Waals surface area contributed by atoms with Crippen LogP contribution in [0.2, 0.25) is 0 Å². The van der Waals surface area contributed by atoms with Crippen LogP contribution in [-0.2, 0) is 0 Å². The van der Waals surface area contributed by atoms with Crippen molar-refractivity contribution in [1.29, 1.82) is 0 Å². The highest BCUT2D eigenvalue weighted by Gasteiger charge is 2.50. The molecule has 6 nitrogen and oxygen atoms in total. The number of benzene rings is 2. The van der Waals surface area contributed by atoms with Crippen molar-refractivity contribution in [2.24, 2.45) is 5.92 Å². The van der Waals surface area contributed by atoms with Gasteiger partial charge in [-0.05, 0) is 31.9 Å². The van der Waals surface area contributed by atoms with Crippen LogP contribution in [0, 0.1) is 5.92 Å². The van der Waals surface area contributed by atoms with E-state index in [1.807, 2.05) is 18.2 Å². The molecular formula is C24H29NO5. The van der Waals surface area contributed by atoms with Crippen LogP contribution in [0.1, 0.15) is 43.7 Å². The molecule has 3 atom stereocenters. The van der Waals surface area contributed by atoms with Gasteiger partial charge in [0.15, 0.2) is 17.2 Å². The standard InChI is InChI=1S/C24H29NO5/c1-15-23(17-8-7-16(26-3)11-19(17)27-4)18-12-21-22(29-14-28-21)13-20(18)30-24(15,2)25-9-5-6-10-25/h7-8,11-13,15,23H,5-6,9-10,14H2,1-4H3/t15-,23-,24-/m1/s1. The van der Waals surface area contributed by atoms with Crippen LogP contribution in [-0.4, -0.2) is 44.7 Å². The molecule has 2 aromatic rings. The highest BCUT2D eigenvalue weighted by atomic mass is 16.7. The van der Waals surface area contributed by atoms with Gasteiger partial charge in [-0.2, -0.15) is 0 Å². The van der Waals surface area contributed by atoms with Crippen LogP contribution >= 0.6 is 0 Å². The van der Waals surface area contributed by atoms with Crippen LogP contribution < -0.4 is 23.7 Å². The van der Waals surface area contributed by atoms with E-state index < -0.39 is 5.72 Å². The van der Waals surface area contributed by atoms with Gasteiger partial charge in [-0.3, -0.25) is 4.90 Å². The van der Waals surface area contributed by atoms with Gasteiger partial charge in [0.2, 0.25) is 6.79 Å². The zero-order valence-electron chi connectivity index (χ0n) is 18.1. The van der Waals surface area contributed by atoms with Crippen LogP contribution in [0.3, 0.4) is 0 Å². The van der Waals surface area contributed by atoms with Gasteiger partial charge in [-0.1, -0.05) is 13.0 Å². The van der Waals surface area contributed by atoms with Gasteiger partial charge < -0.3 is 23.7 Å². The Morgan fingerprint density at radius 2 is 1.67 bits per heavy atom. The summed E-state index contributed by atoms with van der Waals surface area (Å²) in [5.74, 6) is 4.23. The summed E-state index contributed by atoms with van der Waals surface area (Å²) in [5.41, 5.74) is 1.80. The Hall–Kier alpha value is -2.60. The van der Waals surface area contributed by atoms with Crippen molar-refractivity contribution in [2.45, 2.75) is 38.3 Å². The summed E-state index contributed by atoms with van der Waals surface area (Å²) < 4.78 is 29.3. The Morgan fingerprint density at radius 1 is 0.933 bits per heavy atom. The number of rotatable bonds is 4. The van der Waals surface area contributed by atoms with Crippen molar-refractivity contribution in [3.8, 4) is 28.7 Å². The molecule has 160 valence electrons. The summed E-state index contributed by atoms with van der Waals surface area (Å²) in [4.78, 5) is 2.48. The molecule has 0 unspecified atom stereocenters. The molecule has 3 aliphatic heterocycles. The monoisotopic (exact) mass is 411 g/mol. The Labute approximate surface area is 177 Å². The average molecular weight is 411 g/mol. The quantitative estimate of drug-likeness (QED) is 0.743. The van der Waals surface area contributed by atoms with Crippen molar-refractivity contribution in [1.82, 2.24) is 4.90 Å². The first-order valence-electron chi connectivity index (χ1n) is 10.6. The zero-order chi connectivity index (χ0) is 20.9. The lowest BCUT2D eigenvalue weighted by Crippen LogP contribution is -2.57. The fourth-order valence-corrected chi connectivity index (χ4v) is 5.19. The number of fused-ring (bicyclic) bond motifs is 2. The van der Waals surface area contributed by atoms with Crippen molar-refractivity contribution in [2.75, 3.05) is 34.1 Å². The van der Waals surface area contributed by atoms with Crippen molar-refractivity contribution in [3.63, 3.8) is 0 Å². The van der Waals surface area contributed by atoms with Crippen LogP contribution in [0.4, 0.5) is 0 Å². The third-order valence-corrected chi connectivity index (χ3v) is 7.01. The maximum absolute atomic E-state index is 6.74. The molecule has 30 heavy (non-hydrogen) atoms. The second kappa shape index (κ2) is 7.27. The molecule has 0 amide bonds. The Kier molecular flexibility index (Phi) is 4.69. The lowest BCUT2D eigenvalue weighted by atomic mass is 9.73. The van der Waals surface area contributed by atoms with Crippen molar-refractivity contribution < 1.29 is 23.7 Å². The molecule has 0 bridgehead atoms. The van der Waals surface area contributed by atoms with E-state index >= 15 is 0 Å². The second-order valence-electron chi connectivity index (χ2n) is 8.47. The summed E-state index contributed by atoms with van der Waals surface area (Å²) >= 11 is 0. The van der Waals surface area contributed by atoms with E-state index in [1.165, 1.54) is 12.8 Å². The number of hydrogen-bond donors (Lipinski definition) is 0. The minimum absolute atomic E-state index is 0.0784. The molecule has 1 saturated heterocycles. The topological polar surface area (TPSA) is 49.4 Å². The highest BCUT2D eigenvalue weighted by Crippen LogP contribution is 2.54. The van der Waals surface area contributed by atoms with E-state index in [9.17, 15) is 0 Å². The molecule has 3 heterocycles. The first kappa shape index (κ1) is 19.4. The second-order valence-corrected chi connectivity index (χ2v) is 8.47. The summed E-state index contributed by atoms with van der Waals surface area (Å²) in [6.07, 6.45) is 2.41. The predicted octanol–water partition coefficient (Wildman–Crippen LogP) is 4.40. The zero-order valence-corrected chi connectivity index (χ0v) is 18.1. The van der Waals surface area contributed by atoms with E-state index in [1.54, 1.807) is 14.2 Å². The number of methoxy groups -OCH3 is 2. The molecular weight excluding hydrogens is 382 g/mol. The van der Waals surface area contributed by atoms with Gasteiger partial charge >= 0.3 is 0 Å². The van der Waals surface area contributed by atoms with Crippen molar-refractivity contribution >= 4 is 0 Å². The Balaban J connectivity index is 1.68. The van der Waals surface area contributed by atoms with E-state index in [-0.39, 0.29) is 18.6 Å².